The standard InChI is InChI=1S/C9H22N2/c1-4-6-7-8-10-11-9(3)5-2/h9-11H,4-8H2,1-3H3. The zero-order valence-corrected chi connectivity index (χ0v) is 8.11. The molecule has 0 bridgehead atoms. The number of hydrogen-bond acceptors (Lipinski definition) is 2. The minimum atomic E-state index is 0.594. The Bertz CT molecular complexity index is 74.0. The molecule has 0 rings (SSSR count). The van der Waals surface area contributed by atoms with E-state index in [-0.39, 0.29) is 0 Å². The van der Waals surface area contributed by atoms with Gasteiger partial charge in [0.15, 0.2) is 0 Å². The first kappa shape index (κ1) is 10.9. The van der Waals surface area contributed by atoms with E-state index < -0.39 is 0 Å². The molecule has 0 aromatic heterocycles. The molecule has 0 saturated carbocycles. The van der Waals surface area contributed by atoms with Crippen LogP contribution in [0.15, 0.2) is 0 Å². The summed E-state index contributed by atoms with van der Waals surface area (Å²) in [6, 6.07) is 0.594. The van der Waals surface area contributed by atoms with Gasteiger partial charge in [-0.15, -0.1) is 0 Å². The molecule has 0 aliphatic rings. The molecule has 2 nitrogen and oxygen atoms in total. The van der Waals surface area contributed by atoms with Crippen molar-refractivity contribution in [1.82, 2.24) is 10.9 Å². The smallest absolute Gasteiger partial charge is 0.0182 e. The molecule has 0 aromatic carbocycles. The topological polar surface area (TPSA) is 24.1 Å². The van der Waals surface area contributed by atoms with E-state index in [9.17, 15) is 0 Å². The second-order valence-corrected chi connectivity index (χ2v) is 3.09. The van der Waals surface area contributed by atoms with Crippen molar-refractivity contribution in [2.24, 2.45) is 0 Å². The molecule has 11 heavy (non-hydrogen) atoms. The number of rotatable bonds is 7. The Morgan fingerprint density at radius 1 is 1.18 bits per heavy atom. The lowest BCUT2D eigenvalue weighted by molar-refractivity contribution is 0.433. The molecule has 0 amide bonds. The van der Waals surface area contributed by atoms with Gasteiger partial charge in [-0.1, -0.05) is 26.7 Å². The molecule has 0 spiro atoms. The van der Waals surface area contributed by atoms with E-state index in [4.69, 9.17) is 0 Å². The molecule has 0 saturated heterocycles. The fourth-order valence-corrected chi connectivity index (χ4v) is 0.812. The van der Waals surface area contributed by atoms with Crippen LogP contribution in [0.25, 0.3) is 0 Å². The minimum Gasteiger partial charge on any atom is -0.258 e. The highest BCUT2D eigenvalue weighted by Crippen LogP contribution is 1.90. The molecule has 1 unspecified atom stereocenters. The summed E-state index contributed by atoms with van der Waals surface area (Å²) < 4.78 is 0. The maximum absolute atomic E-state index is 3.24. The van der Waals surface area contributed by atoms with Gasteiger partial charge >= 0.3 is 0 Å². The molecular formula is C9H22N2. The van der Waals surface area contributed by atoms with Gasteiger partial charge in [-0.2, -0.15) is 0 Å². The molecule has 2 N–H and O–H groups in total. The normalized spacial score (nSPS) is 13.4. The summed E-state index contributed by atoms with van der Waals surface area (Å²) in [5.41, 5.74) is 6.46. The van der Waals surface area contributed by atoms with Crippen molar-refractivity contribution in [3.8, 4) is 0 Å². The Morgan fingerprint density at radius 2 is 1.91 bits per heavy atom. The second-order valence-electron chi connectivity index (χ2n) is 3.09. The van der Waals surface area contributed by atoms with Gasteiger partial charge in [0, 0.05) is 12.6 Å². The van der Waals surface area contributed by atoms with Crippen LogP contribution in [0.5, 0.6) is 0 Å². The third kappa shape index (κ3) is 7.82. The van der Waals surface area contributed by atoms with Crippen LogP contribution < -0.4 is 10.9 Å². The van der Waals surface area contributed by atoms with E-state index in [0.717, 1.165) is 6.54 Å². The lowest BCUT2D eigenvalue weighted by Crippen LogP contribution is -2.39. The first-order valence-electron chi connectivity index (χ1n) is 4.79. The van der Waals surface area contributed by atoms with Gasteiger partial charge in [0.2, 0.25) is 0 Å². The van der Waals surface area contributed by atoms with Gasteiger partial charge in [0.05, 0.1) is 0 Å². The van der Waals surface area contributed by atoms with Crippen molar-refractivity contribution in [2.45, 2.75) is 52.5 Å². The van der Waals surface area contributed by atoms with Crippen LogP contribution >= 0.6 is 0 Å². The van der Waals surface area contributed by atoms with Gasteiger partial charge in [-0.3, -0.25) is 10.9 Å². The highest BCUT2D eigenvalue weighted by atomic mass is 15.4. The Balaban J connectivity index is 2.89. The summed E-state index contributed by atoms with van der Waals surface area (Å²) in [6.45, 7) is 7.69. The van der Waals surface area contributed by atoms with Gasteiger partial charge in [-0.05, 0) is 19.8 Å². The maximum atomic E-state index is 3.24. The lowest BCUT2D eigenvalue weighted by Gasteiger charge is -2.11. The van der Waals surface area contributed by atoms with Gasteiger partial charge in [0.25, 0.3) is 0 Å². The summed E-state index contributed by atoms with van der Waals surface area (Å²) in [4.78, 5) is 0. The van der Waals surface area contributed by atoms with Crippen molar-refractivity contribution < 1.29 is 0 Å². The summed E-state index contributed by atoms with van der Waals surface area (Å²) in [5, 5.41) is 0. The lowest BCUT2D eigenvalue weighted by atomic mass is 10.2. The van der Waals surface area contributed by atoms with E-state index in [1.807, 2.05) is 0 Å². The molecule has 0 heterocycles. The molecular weight excluding hydrogens is 136 g/mol. The van der Waals surface area contributed by atoms with Crippen LogP contribution in [-0.2, 0) is 0 Å². The van der Waals surface area contributed by atoms with E-state index in [1.165, 1.54) is 25.7 Å². The third-order valence-corrected chi connectivity index (χ3v) is 1.87. The van der Waals surface area contributed by atoms with E-state index in [1.54, 1.807) is 0 Å². The van der Waals surface area contributed by atoms with Crippen molar-refractivity contribution in [1.29, 1.82) is 0 Å². The molecule has 0 fully saturated rings. The molecule has 2 heteroatoms. The largest absolute Gasteiger partial charge is 0.258 e. The minimum absolute atomic E-state index is 0.594. The Labute approximate surface area is 70.7 Å². The predicted octanol–water partition coefficient (Wildman–Crippen LogP) is 2.07. The summed E-state index contributed by atoms with van der Waals surface area (Å²) in [6.07, 6.45) is 5.08. The molecule has 0 aliphatic heterocycles. The SMILES string of the molecule is CCCCCNNC(C)CC. The number of hydrazine groups is 1. The number of hydrogen-bond donors (Lipinski definition) is 2. The quantitative estimate of drug-likeness (QED) is 0.438. The molecule has 1 atom stereocenters. The van der Waals surface area contributed by atoms with Gasteiger partial charge in [-0.25, -0.2) is 0 Å². The Hall–Kier alpha value is -0.0800. The van der Waals surface area contributed by atoms with E-state index >= 15 is 0 Å². The third-order valence-electron chi connectivity index (χ3n) is 1.87. The van der Waals surface area contributed by atoms with Gasteiger partial charge < -0.3 is 0 Å². The summed E-state index contributed by atoms with van der Waals surface area (Å²) in [7, 11) is 0. The highest BCUT2D eigenvalue weighted by Gasteiger charge is 1.93. The summed E-state index contributed by atoms with van der Waals surface area (Å²) in [5.74, 6) is 0. The molecule has 0 aliphatic carbocycles. The Kier molecular flexibility index (Phi) is 7.96. The van der Waals surface area contributed by atoms with Gasteiger partial charge in [0.1, 0.15) is 0 Å². The van der Waals surface area contributed by atoms with E-state index in [2.05, 4.69) is 31.6 Å². The Morgan fingerprint density at radius 3 is 2.45 bits per heavy atom. The second kappa shape index (κ2) is 8.02. The molecule has 0 radical (unpaired) electrons. The van der Waals surface area contributed by atoms with E-state index in [0.29, 0.717) is 6.04 Å². The number of unbranched alkanes of at least 4 members (excludes halogenated alkanes) is 2. The van der Waals surface area contributed by atoms with Crippen LogP contribution in [-0.4, -0.2) is 12.6 Å². The van der Waals surface area contributed by atoms with Crippen molar-refractivity contribution in [2.75, 3.05) is 6.54 Å². The van der Waals surface area contributed by atoms with Crippen molar-refractivity contribution >= 4 is 0 Å². The van der Waals surface area contributed by atoms with Crippen molar-refractivity contribution in [3.63, 3.8) is 0 Å². The zero-order valence-electron chi connectivity index (χ0n) is 8.11. The summed E-state index contributed by atoms with van der Waals surface area (Å²) >= 11 is 0. The fraction of sp³-hybridized carbons (Fsp3) is 1.00. The zero-order chi connectivity index (χ0) is 8.53. The van der Waals surface area contributed by atoms with Crippen molar-refractivity contribution in [3.05, 3.63) is 0 Å². The fourth-order valence-electron chi connectivity index (χ4n) is 0.812. The van der Waals surface area contributed by atoms with Crippen LogP contribution in [0.4, 0.5) is 0 Å². The average Bonchev–Trinajstić information content (AvgIpc) is 2.04. The monoisotopic (exact) mass is 158 g/mol. The average molecular weight is 158 g/mol. The van der Waals surface area contributed by atoms with Crippen LogP contribution in [0.1, 0.15) is 46.5 Å². The maximum Gasteiger partial charge on any atom is 0.0182 e. The molecule has 68 valence electrons. The van der Waals surface area contributed by atoms with Crippen LogP contribution in [0, 0.1) is 0 Å². The van der Waals surface area contributed by atoms with Crippen LogP contribution in [0.3, 0.4) is 0 Å². The highest BCUT2D eigenvalue weighted by molar-refractivity contribution is 4.52. The first-order chi connectivity index (χ1) is 5.31. The predicted molar refractivity (Wildman–Crippen MR) is 50.4 cm³/mol. The molecule has 0 aromatic rings. The first-order valence-corrected chi connectivity index (χ1v) is 4.79. The number of nitrogens with one attached hydrogen (secondary N) is 2. The van der Waals surface area contributed by atoms with Crippen LogP contribution in [0.2, 0.25) is 0 Å².